The summed E-state index contributed by atoms with van der Waals surface area (Å²) in [6, 6.07) is 5.20. The van der Waals surface area contributed by atoms with Crippen LogP contribution in [0.5, 0.6) is 5.88 Å². The highest BCUT2D eigenvalue weighted by Gasteiger charge is 2.05. The van der Waals surface area contributed by atoms with E-state index >= 15 is 0 Å². The first-order valence-corrected chi connectivity index (χ1v) is 4.82. The largest absolute Gasteiger partial charge is 0.478 e. The van der Waals surface area contributed by atoms with Gasteiger partial charge in [-0.3, -0.25) is 0 Å². The Morgan fingerprint density at radius 2 is 2.38 bits per heavy atom. The number of esters is 1. The van der Waals surface area contributed by atoms with Crippen LogP contribution in [0.1, 0.15) is 23.2 Å². The molecule has 0 N–H and O–H groups in total. The average molecular weight is 220 g/mol. The number of nitrogens with zero attached hydrogens (tertiary/aromatic N) is 2. The van der Waals surface area contributed by atoms with Crippen molar-refractivity contribution >= 4 is 5.97 Å². The number of rotatable bonds is 5. The molecular weight excluding hydrogens is 208 g/mol. The lowest BCUT2D eigenvalue weighted by atomic mass is 10.3. The van der Waals surface area contributed by atoms with Gasteiger partial charge in [-0.05, 0) is 12.5 Å². The number of carbonyl (C=O) groups is 1. The highest BCUT2D eigenvalue weighted by molar-refractivity contribution is 5.88. The normalized spacial score (nSPS) is 9.25. The maximum absolute atomic E-state index is 11.1. The average Bonchev–Trinajstić information content (AvgIpc) is 2.34. The molecule has 0 spiro atoms. The van der Waals surface area contributed by atoms with Crippen LogP contribution in [0, 0.1) is 11.3 Å². The van der Waals surface area contributed by atoms with Crippen molar-refractivity contribution in [3.05, 3.63) is 23.9 Å². The van der Waals surface area contributed by atoms with Crippen LogP contribution in [0.2, 0.25) is 0 Å². The van der Waals surface area contributed by atoms with Crippen molar-refractivity contribution in [1.82, 2.24) is 4.98 Å². The fourth-order valence-corrected chi connectivity index (χ4v) is 1.03. The van der Waals surface area contributed by atoms with Crippen molar-refractivity contribution in [2.75, 3.05) is 13.7 Å². The Bertz CT molecular complexity index is 381. The third-order valence-electron chi connectivity index (χ3n) is 1.84. The van der Waals surface area contributed by atoms with Crippen molar-refractivity contribution < 1.29 is 14.3 Å². The summed E-state index contributed by atoms with van der Waals surface area (Å²) in [6.07, 6.45) is 2.52. The molecule has 0 aromatic carbocycles. The molecule has 0 atom stereocenters. The number of methoxy groups -OCH3 is 1. The van der Waals surface area contributed by atoms with Crippen molar-refractivity contribution in [1.29, 1.82) is 5.26 Å². The second-order valence-corrected chi connectivity index (χ2v) is 2.99. The summed E-state index contributed by atoms with van der Waals surface area (Å²) in [5, 5.41) is 8.32. The van der Waals surface area contributed by atoms with E-state index in [1.54, 1.807) is 12.1 Å². The highest BCUT2D eigenvalue weighted by Crippen LogP contribution is 2.08. The third kappa shape index (κ3) is 3.58. The number of ether oxygens (including phenoxy) is 2. The van der Waals surface area contributed by atoms with E-state index in [1.807, 2.05) is 6.07 Å². The summed E-state index contributed by atoms with van der Waals surface area (Å²) in [7, 11) is 1.31. The summed E-state index contributed by atoms with van der Waals surface area (Å²) in [5.41, 5.74) is 0.381. The number of nitriles is 1. The van der Waals surface area contributed by atoms with Gasteiger partial charge >= 0.3 is 5.97 Å². The van der Waals surface area contributed by atoms with Crippen LogP contribution in [-0.2, 0) is 4.74 Å². The van der Waals surface area contributed by atoms with E-state index in [4.69, 9.17) is 10.00 Å². The molecule has 16 heavy (non-hydrogen) atoms. The molecule has 0 aliphatic rings. The predicted molar refractivity (Wildman–Crippen MR) is 55.9 cm³/mol. The van der Waals surface area contributed by atoms with Gasteiger partial charge < -0.3 is 9.47 Å². The Labute approximate surface area is 93.6 Å². The third-order valence-corrected chi connectivity index (χ3v) is 1.84. The fourth-order valence-electron chi connectivity index (χ4n) is 1.03. The molecule has 0 amide bonds. The minimum absolute atomic E-state index is 0.381. The van der Waals surface area contributed by atoms with Crippen LogP contribution in [0.15, 0.2) is 18.3 Å². The Morgan fingerprint density at radius 1 is 1.56 bits per heavy atom. The lowest BCUT2D eigenvalue weighted by Crippen LogP contribution is -2.03. The van der Waals surface area contributed by atoms with E-state index in [0.29, 0.717) is 30.9 Å². The van der Waals surface area contributed by atoms with Gasteiger partial charge in [0.1, 0.15) is 0 Å². The van der Waals surface area contributed by atoms with Gasteiger partial charge in [-0.15, -0.1) is 0 Å². The van der Waals surface area contributed by atoms with Crippen molar-refractivity contribution in [2.45, 2.75) is 12.8 Å². The second kappa shape index (κ2) is 6.40. The van der Waals surface area contributed by atoms with Gasteiger partial charge in [0.15, 0.2) is 0 Å². The molecule has 1 aromatic rings. The van der Waals surface area contributed by atoms with Crippen molar-refractivity contribution in [3.8, 4) is 11.9 Å². The second-order valence-electron chi connectivity index (χ2n) is 2.99. The molecule has 0 bridgehead atoms. The highest BCUT2D eigenvalue weighted by atomic mass is 16.5. The maximum Gasteiger partial charge on any atom is 0.339 e. The lowest BCUT2D eigenvalue weighted by Gasteiger charge is -2.04. The Morgan fingerprint density at radius 3 is 2.94 bits per heavy atom. The zero-order chi connectivity index (χ0) is 11.8. The van der Waals surface area contributed by atoms with E-state index in [0.717, 1.165) is 0 Å². The quantitative estimate of drug-likeness (QED) is 0.556. The number of hydrogen-bond donors (Lipinski definition) is 0. The molecule has 0 aliphatic heterocycles. The SMILES string of the molecule is COC(=O)c1ccc(OCCCC#N)nc1. The van der Waals surface area contributed by atoms with E-state index < -0.39 is 5.97 Å². The van der Waals surface area contributed by atoms with Crippen LogP contribution >= 0.6 is 0 Å². The molecule has 1 aromatic heterocycles. The van der Waals surface area contributed by atoms with Gasteiger partial charge in [0.05, 0.1) is 25.3 Å². The molecule has 84 valence electrons. The molecule has 1 rings (SSSR count). The van der Waals surface area contributed by atoms with Gasteiger partial charge in [0, 0.05) is 18.7 Å². The molecule has 0 aliphatic carbocycles. The molecule has 1 heterocycles. The smallest absolute Gasteiger partial charge is 0.339 e. The summed E-state index contributed by atoms with van der Waals surface area (Å²) in [6.45, 7) is 0.443. The summed E-state index contributed by atoms with van der Waals surface area (Å²) in [5.74, 6) is 0.00845. The van der Waals surface area contributed by atoms with Crippen LogP contribution < -0.4 is 4.74 Å². The Balaban J connectivity index is 2.46. The summed E-state index contributed by atoms with van der Waals surface area (Å²) in [4.78, 5) is 15.0. The summed E-state index contributed by atoms with van der Waals surface area (Å²) < 4.78 is 9.80. The maximum atomic E-state index is 11.1. The zero-order valence-electron chi connectivity index (χ0n) is 8.97. The molecule has 0 fully saturated rings. The van der Waals surface area contributed by atoms with Gasteiger partial charge in [-0.1, -0.05) is 0 Å². The van der Waals surface area contributed by atoms with Gasteiger partial charge in [0.25, 0.3) is 0 Å². The van der Waals surface area contributed by atoms with Gasteiger partial charge in [-0.2, -0.15) is 5.26 Å². The predicted octanol–water partition coefficient (Wildman–Crippen LogP) is 1.55. The Hall–Kier alpha value is -2.09. The van der Waals surface area contributed by atoms with Crippen molar-refractivity contribution in [3.63, 3.8) is 0 Å². The fraction of sp³-hybridized carbons (Fsp3) is 0.364. The molecule has 0 saturated carbocycles. The zero-order valence-corrected chi connectivity index (χ0v) is 8.97. The topological polar surface area (TPSA) is 72.2 Å². The minimum Gasteiger partial charge on any atom is -0.478 e. The van der Waals surface area contributed by atoms with E-state index in [1.165, 1.54) is 13.3 Å². The first-order valence-electron chi connectivity index (χ1n) is 4.82. The van der Waals surface area contributed by atoms with Crippen molar-refractivity contribution in [2.24, 2.45) is 0 Å². The number of carbonyl (C=O) groups excluding carboxylic acids is 1. The number of hydrogen-bond acceptors (Lipinski definition) is 5. The molecular formula is C11H12N2O3. The number of aromatic nitrogens is 1. The molecule has 0 radical (unpaired) electrons. The summed E-state index contributed by atoms with van der Waals surface area (Å²) >= 11 is 0. The standard InChI is InChI=1S/C11H12N2O3/c1-15-11(14)9-4-5-10(13-8-9)16-7-3-2-6-12/h4-5,8H,2-3,7H2,1H3. The van der Waals surface area contributed by atoms with E-state index in [2.05, 4.69) is 9.72 Å². The van der Waals surface area contributed by atoms with Crippen LogP contribution in [0.25, 0.3) is 0 Å². The molecule has 5 nitrogen and oxygen atoms in total. The monoisotopic (exact) mass is 220 g/mol. The number of unbranched alkanes of at least 4 members (excludes halogenated alkanes) is 1. The molecule has 0 unspecified atom stereocenters. The van der Waals surface area contributed by atoms with E-state index in [9.17, 15) is 4.79 Å². The van der Waals surface area contributed by atoms with E-state index in [-0.39, 0.29) is 0 Å². The number of pyridine rings is 1. The van der Waals surface area contributed by atoms with Gasteiger partial charge in [0.2, 0.25) is 5.88 Å². The first-order chi connectivity index (χ1) is 7.77. The molecule has 5 heteroatoms. The minimum atomic E-state index is -0.427. The molecule has 0 saturated heterocycles. The van der Waals surface area contributed by atoms with Crippen LogP contribution in [-0.4, -0.2) is 24.7 Å². The van der Waals surface area contributed by atoms with Gasteiger partial charge in [-0.25, -0.2) is 9.78 Å². The Kier molecular flexibility index (Phi) is 4.80. The lowest BCUT2D eigenvalue weighted by molar-refractivity contribution is 0.0600. The van der Waals surface area contributed by atoms with Crippen LogP contribution in [0.4, 0.5) is 0 Å². The van der Waals surface area contributed by atoms with Crippen LogP contribution in [0.3, 0.4) is 0 Å². The first kappa shape index (κ1) is 12.0.